The highest BCUT2D eigenvalue weighted by molar-refractivity contribution is 5.96. The van der Waals surface area contributed by atoms with Gasteiger partial charge in [0.05, 0.1) is 0 Å². The molecule has 19 heavy (non-hydrogen) atoms. The molecule has 2 rings (SSSR count). The van der Waals surface area contributed by atoms with Crippen molar-refractivity contribution in [2.75, 3.05) is 19.6 Å². The fourth-order valence-electron chi connectivity index (χ4n) is 2.62. The van der Waals surface area contributed by atoms with E-state index in [4.69, 9.17) is 0 Å². The van der Waals surface area contributed by atoms with Gasteiger partial charge in [0.1, 0.15) is 0 Å². The van der Waals surface area contributed by atoms with Gasteiger partial charge in [0.2, 0.25) is 0 Å². The first-order valence-corrected chi connectivity index (χ1v) is 7.53. The van der Waals surface area contributed by atoms with Crippen LogP contribution < -0.4 is 0 Å². The monoisotopic (exact) mass is 259 g/mol. The number of carbonyl (C=O) groups excluding carboxylic acids is 1. The zero-order valence-corrected chi connectivity index (χ0v) is 12.2. The van der Waals surface area contributed by atoms with Crippen LogP contribution in [-0.4, -0.2) is 30.3 Å². The van der Waals surface area contributed by atoms with Crippen molar-refractivity contribution in [1.29, 1.82) is 0 Å². The minimum absolute atomic E-state index is 0.279. The lowest BCUT2D eigenvalue weighted by Crippen LogP contribution is -2.34. The standard InChI is InChI=1S/C17H25NO/c1-3-15-4-6-16(7-5-15)17(19)10-13-18-11-8-14(2)9-12-18/h4-7,14H,3,8-13H2,1-2H3. The predicted octanol–water partition coefficient (Wildman–Crippen LogP) is 3.55. The summed E-state index contributed by atoms with van der Waals surface area (Å²) in [7, 11) is 0. The maximum absolute atomic E-state index is 12.1. The molecule has 1 heterocycles. The first-order chi connectivity index (χ1) is 9.19. The van der Waals surface area contributed by atoms with Crippen molar-refractivity contribution < 1.29 is 4.79 Å². The average Bonchev–Trinajstić information content (AvgIpc) is 2.46. The number of rotatable bonds is 5. The van der Waals surface area contributed by atoms with E-state index in [2.05, 4.69) is 30.9 Å². The average molecular weight is 259 g/mol. The summed E-state index contributed by atoms with van der Waals surface area (Å²) in [6.45, 7) is 7.68. The van der Waals surface area contributed by atoms with E-state index in [0.717, 1.165) is 37.5 Å². The Balaban J connectivity index is 1.80. The van der Waals surface area contributed by atoms with Crippen molar-refractivity contribution in [1.82, 2.24) is 4.90 Å². The van der Waals surface area contributed by atoms with Gasteiger partial charge in [-0.1, -0.05) is 38.1 Å². The molecule has 104 valence electrons. The van der Waals surface area contributed by atoms with Gasteiger partial charge in [0.25, 0.3) is 0 Å². The summed E-state index contributed by atoms with van der Waals surface area (Å²) in [5.74, 6) is 1.13. The summed E-state index contributed by atoms with van der Waals surface area (Å²) >= 11 is 0. The van der Waals surface area contributed by atoms with Gasteiger partial charge in [-0.3, -0.25) is 4.79 Å². The third-order valence-electron chi connectivity index (χ3n) is 4.22. The summed E-state index contributed by atoms with van der Waals surface area (Å²) in [6.07, 6.45) is 4.24. The van der Waals surface area contributed by atoms with Crippen molar-refractivity contribution in [3.05, 3.63) is 35.4 Å². The van der Waals surface area contributed by atoms with Crippen LogP contribution in [0, 0.1) is 5.92 Å². The minimum atomic E-state index is 0.279. The van der Waals surface area contributed by atoms with Gasteiger partial charge in [-0.05, 0) is 43.8 Å². The molecule has 0 spiro atoms. The summed E-state index contributed by atoms with van der Waals surface area (Å²) in [6, 6.07) is 8.07. The number of ketones is 1. The number of Topliss-reactive ketones (excluding diaryl/α,β-unsaturated/α-hetero) is 1. The lowest BCUT2D eigenvalue weighted by Gasteiger charge is -2.29. The van der Waals surface area contributed by atoms with E-state index in [1.54, 1.807) is 0 Å². The van der Waals surface area contributed by atoms with Crippen molar-refractivity contribution in [3.8, 4) is 0 Å². The van der Waals surface area contributed by atoms with Gasteiger partial charge in [-0.25, -0.2) is 0 Å². The molecule has 0 bridgehead atoms. The fraction of sp³-hybridized carbons (Fsp3) is 0.588. The quantitative estimate of drug-likeness (QED) is 0.754. The van der Waals surface area contributed by atoms with Crippen molar-refractivity contribution in [2.24, 2.45) is 5.92 Å². The van der Waals surface area contributed by atoms with E-state index in [-0.39, 0.29) is 5.78 Å². The van der Waals surface area contributed by atoms with Gasteiger partial charge in [0.15, 0.2) is 5.78 Å². The van der Waals surface area contributed by atoms with Crippen LogP contribution in [0.1, 0.15) is 49.0 Å². The molecule has 0 saturated carbocycles. The molecule has 1 aliphatic rings. The number of likely N-dealkylation sites (tertiary alicyclic amines) is 1. The molecule has 0 unspecified atom stereocenters. The number of carbonyl (C=O) groups is 1. The van der Waals surface area contributed by atoms with E-state index in [0.29, 0.717) is 6.42 Å². The molecule has 0 atom stereocenters. The molecule has 1 saturated heterocycles. The van der Waals surface area contributed by atoms with E-state index < -0.39 is 0 Å². The van der Waals surface area contributed by atoms with Crippen LogP contribution in [0.5, 0.6) is 0 Å². The number of aryl methyl sites for hydroxylation is 1. The summed E-state index contributed by atoms with van der Waals surface area (Å²) in [5, 5.41) is 0. The first kappa shape index (κ1) is 14.3. The largest absolute Gasteiger partial charge is 0.303 e. The highest BCUT2D eigenvalue weighted by Gasteiger charge is 2.16. The van der Waals surface area contributed by atoms with E-state index in [1.807, 2.05) is 12.1 Å². The highest BCUT2D eigenvalue weighted by atomic mass is 16.1. The van der Waals surface area contributed by atoms with Crippen molar-refractivity contribution >= 4 is 5.78 Å². The van der Waals surface area contributed by atoms with Crippen LogP contribution >= 0.6 is 0 Å². The number of piperidine rings is 1. The second kappa shape index (κ2) is 6.85. The molecule has 0 aliphatic carbocycles. The molecule has 1 aromatic rings. The summed E-state index contributed by atoms with van der Waals surface area (Å²) in [4.78, 5) is 14.6. The molecule has 0 amide bonds. The predicted molar refractivity (Wildman–Crippen MR) is 79.6 cm³/mol. The molecule has 2 nitrogen and oxygen atoms in total. The normalized spacial score (nSPS) is 17.6. The number of hydrogen-bond donors (Lipinski definition) is 0. The Morgan fingerprint density at radius 2 is 1.84 bits per heavy atom. The summed E-state index contributed by atoms with van der Waals surface area (Å²) in [5.41, 5.74) is 2.16. The maximum Gasteiger partial charge on any atom is 0.164 e. The van der Waals surface area contributed by atoms with E-state index in [9.17, 15) is 4.79 Å². The molecule has 2 heteroatoms. The molecule has 1 aromatic carbocycles. The molecular formula is C17H25NO. The molecule has 0 N–H and O–H groups in total. The Labute approximate surface area is 116 Å². The van der Waals surface area contributed by atoms with Gasteiger partial charge >= 0.3 is 0 Å². The minimum Gasteiger partial charge on any atom is -0.303 e. The zero-order valence-electron chi connectivity index (χ0n) is 12.2. The number of hydrogen-bond acceptors (Lipinski definition) is 2. The maximum atomic E-state index is 12.1. The van der Waals surface area contributed by atoms with Gasteiger partial charge < -0.3 is 4.90 Å². The van der Waals surface area contributed by atoms with Crippen LogP contribution in [0.25, 0.3) is 0 Å². The van der Waals surface area contributed by atoms with Gasteiger partial charge in [-0.2, -0.15) is 0 Å². The Kier molecular flexibility index (Phi) is 5.15. The first-order valence-electron chi connectivity index (χ1n) is 7.53. The number of nitrogens with zero attached hydrogens (tertiary/aromatic N) is 1. The summed E-state index contributed by atoms with van der Waals surface area (Å²) < 4.78 is 0. The topological polar surface area (TPSA) is 20.3 Å². The molecule has 1 fully saturated rings. The zero-order chi connectivity index (χ0) is 13.7. The smallest absolute Gasteiger partial charge is 0.164 e. The second-order valence-electron chi connectivity index (χ2n) is 5.75. The molecular weight excluding hydrogens is 234 g/mol. The van der Waals surface area contributed by atoms with Crippen molar-refractivity contribution in [3.63, 3.8) is 0 Å². The van der Waals surface area contributed by atoms with Gasteiger partial charge in [-0.15, -0.1) is 0 Å². The van der Waals surface area contributed by atoms with Crippen molar-refractivity contribution in [2.45, 2.75) is 39.5 Å². The van der Waals surface area contributed by atoms with Crippen LogP contribution in [0.15, 0.2) is 24.3 Å². The van der Waals surface area contributed by atoms with Crippen LogP contribution in [0.3, 0.4) is 0 Å². The van der Waals surface area contributed by atoms with Crippen LogP contribution in [0.4, 0.5) is 0 Å². The highest BCUT2D eigenvalue weighted by Crippen LogP contribution is 2.16. The molecule has 0 radical (unpaired) electrons. The van der Waals surface area contributed by atoms with Crippen LogP contribution in [-0.2, 0) is 6.42 Å². The third kappa shape index (κ3) is 4.17. The second-order valence-corrected chi connectivity index (χ2v) is 5.75. The number of benzene rings is 1. The fourth-order valence-corrected chi connectivity index (χ4v) is 2.62. The Hall–Kier alpha value is -1.15. The molecule has 1 aliphatic heterocycles. The Morgan fingerprint density at radius 3 is 2.42 bits per heavy atom. The molecule has 0 aromatic heterocycles. The van der Waals surface area contributed by atoms with Gasteiger partial charge in [0, 0.05) is 18.5 Å². The Bertz CT molecular complexity index is 402. The van der Waals surface area contributed by atoms with E-state index >= 15 is 0 Å². The van der Waals surface area contributed by atoms with E-state index in [1.165, 1.54) is 18.4 Å². The lowest BCUT2D eigenvalue weighted by molar-refractivity contribution is 0.0953. The lowest BCUT2D eigenvalue weighted by atomic mass is 9.98. The SMILES string of the molecule is CCc1ccc(C(=O)CCN2CCC(C)CC2)cc1. The third-order valence-corrected chi connectivity index (χ3v) is 4.22. The van der Waals surface area contributed by atoms with Crippen LogP contribution in [0.2, 0.25) is 0 Å². The Morgan fingerprint density at radius 1 is 1.21 bits per heavy atom.